The van der Waals surface area contributed by atoms with Gasteiger partial charge in [-0.15, -0.1) is 0 Å². The molecule has 1 atom stereocenters. The SMILES string of the molecule is CC(C)C1N=C(CSC2CCCC2)NC1=O. The Hall–Kier alpha value is -0.510. The van der Waals surface area contributed by atoms with Crippen LogP contribution in [0.25, 0.3) is 0 Å². The van der Waals surface area contributed by atoms with Gasteiger partial charge in [0, 0.05) is 5.25 Å². The smallest absolute Gasteiger partial charge is 0.250 e. The summed E-state index contributed by atoms with van der Waals surface area (Å²) in [5.74, 6) is 2.14. The first kappa shape index (κ1) is 12.0. The minimum absolute atomic E-state index is 0.0806. The normalized spacial score (nSPS) is 26.3. The summed E-state index contributed by atoms with van der Waals surface area (Å²) in [6.45, 7) is 4.08. The lowest BCUT2D eigenvalue weighted by Crippen LogP contribution is -2.32. The van der Waals surface area contributed by atoms with E-state index in [-0.39, 0.29) is 11.9 Å². The summed E-state index contributed by atoms with van der Waals surface area (Å²) < 4.78 is 0. The number of aliphatic imine (C=N–C) groups is 1. The van der Waals surface area contributed by atoms with Crippen molar-refractivity contribution in [3.8, 4) is 0 Å². The summed E-state index contributed by atoms with van der Waals surface area (Å²) in [5, 5.41) is 3.69. The molecule has 0 bridgehead atoms. The molecule has 1 aliphatic carbocycles. The molecular formula is C12H20N2OS. The van der Waals surface area contributed by atoms with Crippen LogP contribution in [0.3, 0.4) is 0 Å². The van der Waals surface area contributed by atoms with Gasteiger partial charge in [0.25, 0.3) is 0 Å². The molecule has 0 spiro atoms. The molecule has 0 aromatic heterocycles. The Balaban J connectivity index is 1.81. The van der Waals surface area contributed by atoms with Crippen molar-refractivity contribution in [3.05, 3.63) is 0 Å². The van der Waals surface area contributed by atoms with Crippen LogP contribution in [0.5, 0.6) is 0 Å². The van der Waals surface area contributed by atoms with Crippen molar-refractivity contribution in [1.29, 1.82) is 0 Å². The third-order valence-electron chi connectivity index (χ3n) is 3.22. The first-order valence-electron chi connectivity index (χ1n) is 6.16. The quantitative estimate of drug-likeness (QED) is 0.818. The number of amides is 1. The van der Waals surface area contributed by atoms with Gasteiger partial charge in [0.15, 0.2) is 0 Å². The molecule has 16 heavy (non-hydrogen) atoms. The lowest BCUT2D eigenvalue weighted by atomic mass is 10.1. The highest BCUT2D eigenvalue weighted by Gasteiger charge is 2.29. The van der Waals surface area contributed by atoms with Gasteiger partial charge >= 0.3 is 0 Å². The maximum Gasteiger partial charge on any atom is 0.250 e. The van der Waals surface area contributed by atoms with Gasteiger partial charge in [-0.3, -0.25) is 9.79 Å². The van der Waals surface area contributed by atoms with E-state index in [1.807, 2.05) is 25.6 Å². The Labute approximate surface area is 101 Å². The van der Waals surface area contributed by atoms with Crippen molar-refractivity contribution >= 4 is 23.5 Å². The van der Waals surface area contributed by atoms with E-state index in [1.54, 1.807) is 0 Å². The van der Waals surface area contributed by atoms with Crippen molar-refractivity contribution < 1.29 is 4.79 Å². The molecular weight excluding hydrogens is 220 g/mol. The molecule has 1 fully saturated rings. The highest BCUT2D eigenvalue weighted by atomic mass is 32.2. The predicted molar refractivity (Wildman–Crippen MR) is 68.9 cm³/mol. The molecule has 1 heterocycles. The maximum absolute atomic E-state index is 11.6. The molecule has 4 heteroatoms. The summed E-state index contributed by atoms with van der Waals surface area (Å²) in [5.41, 5.74) is 0. The third-order valence-corrected chi connectivity index (χ3v) is 4.60. The number of hydrogen-bond acceptors (Lipinski definition) is 3. The van der Waals surface area contributed by atoms with E-state index in [2.05, 4.69) is 10.3 Å². The van der Waals surface area contributed by atoms with Gasteiger partial charge in [0.05, 0.1) is 5.75 Å². The van der Waals surface area contributed by atoms with Crippen molar-refractivity contribution in [2.75, 3.05) is 5.75 Å². The number of nitrogens with one attached hydrogen (secondary N) is 1. The maximum atomic E-state index is 11.6. The van der Waals surface area contributed by atoms with Gasteiger partial charge in [-0.2, -0.15) is 11.8 Å². The molecule has 0 saturated heterocycles. The molecule has 2 rings (SSSR count). The summed E-state index contributed by atoms with van der Waals surface area (Å²) in [7, 11) is 0. The van der Waals surface area contributed by atoms with Gasteiger partial charge in [-0.25, -0.2) is 0 Å². The van der Waals surface area contributed by atoms with E-state index in [0.29, 0.717) is 5.92 Å². The molecule has 0 radical (unpaired) electrons. The Morgan fingerprint density at radius 1 is 1.44 bits per heavy atom. The monoisotopic (exact) mass is 240 g/mol. The van der Waals surface area contributed by atoms with E-state index in [4.69, 9.17) is 0 Å². The molecule has 1 aliphatic heterocycles. The third kappa shape index (κ3) is 2.78. The number of carbonyl (C=O) groups excluding carboxylic acids is 1. The summed E-state index contributed by atoms with van der Waals surface area (Å²) in [6.07, 6.45) is 5.40. The van der Waals surface area contributed by atoms with Crippen molar-refractivity contribution in [1.82, 2.24) is 5.32 Å². The zero-order valence-electron chi connectivity index (χ0n) is 10.0. The average molecular weight is 240 g/mol. The lowest BCUT2D eigenvalue weighted by Gasteiger charge is -2.07. The van der Waals surface area contributed by atoms with E-state index in [1.165, 1.54) is 25.7 Å². The van der Waals surface area contributed by atoms with Crippen LogP contribution in [0.15, 0.2) is 4.99 Å². The number of nitrogens with zero attached hydrogens (tertiary/aromatic N) is 1. The molecule has 1 unspecified atom stereocenters. The highest BCUT2D eigenvalue weighted by Crippen LogP contribution is 2.29. The van der Waals surface area contributed by atoms with Crippen molar-refractivity contribution in [2.45, 2.75) is 50.8 Å². The summed E-state index contributed by atoms with van der Waals surface area (Å²) in [4.78, 5) is 16.1. The Kier molecular flexibility index (Phi) is 3.90. The standard InChI is InChI=1S/C12H20N2OS/c1-8(2)11-12(15)14-10(13-11)7-16-9-5-3-4-6-9/h8-9,11H,3-7H2,1-2H3,(H,13,14,15). The van der Waals surface area contributed by atoms with Gasteiger partial charge in [0.1, 0.15) is 11.9 Å². The molecule has 2 aliphatic rings. The van der Waals surface area contributed by atoms with E-state index in [9.17, 15) is 4.79 Å². The second-order valence-electron chi connectivity index (χ2n) is 4.97. The number of amidine groups is 1. The molecule has 90 valence electrons. The van der Waals surface area contributed by atoms with Crippen LogP contribution in [-0.4, -0.2) is 28.8 Å². The Morgan fingerprint density at radius 2 is 2.12 bits per heavy atom. The molecule has 0 aromatic carbocycles. The van der Waals surface area contributed by atoms with Gasteiger partial charge in [0.2, 0.25) is 5.91 Å². The minimum Gasteiger partial charge on any atom is -0.312 e. The minimum atomic E-state index is -0.154. The summed E-state index contributed by atoms with van der Waals surface area (Å²) >= 11 is 1.95. The van der Waals surface area contributed by atoms with Crippen LogP contribution < -0.4 is 5.32 Å². The molecule has 1 N–H and O–H groups in total. The van der Waals surface area contributed by atoms with Crippen LogP contribution >= 0.6 is 11.8 Å². The second kappa shape index (κ2) is 5.21. The molecule has 1 saturated carbocycles. The van der Waals surface area contributed by atoms with Crippen molar-refractivity contribution in [3.63, 3.8) is 0 Å². The zero-order chi connectivity index (χ0) is 11.5. The van der Waals surface area contributed by atoms with Gasteiger partial charge in [-0.1, -0.05) is 26.7 Å². The Morgan fingerprint density at radius 3 is 2.69 bits per heavy atom. The molecule has 1 amide bonds. The zero-order valence-corrected chi connectivity index (χ0v) is 10.8. The number of carbonyl (C=O) groups is 1. The molecule has 0 aromatic rings. The number of thioether (sulfide) groups is 1. The van der Waals surface area contributed by atoms with Gasteiger partial charge in [-0.05, 0) is 18.8 Å². The topological polar surface area (TPSA) is 41.5 Å². The largest absolute Gasteiger partial charge is 0.312 e. The molecule has 3 nitrogen and oxygen atoms in total. The highest BCUT2D eigenvalue weighted by molar-refractivity contribution is 8.00. The average Bonchev–Trinajstić information content (AvgIpc) is 2.83. The van der Waals surface area contributed by atoms with Gasteiger partial charge < -0.3 is 5.32 Å². The van der Waals surface area contributed by atoms with Crippen LogP contribution in [-0.2, 0) is 4.79 Å². The number of hydrogen-bond donors (Lipinski definition) is 1. The van der Waals surface area contributed by atoms with Crippen molar-refractivity contribution in [2.24, 2.45) is 10.9 Å². The Bertz CT molecular complexity index is 295. The van der Waals surface area contributed by atoms with E-state index in [0.717, 1.165) is 16.8 Å². The number of rotatable bonds is 4. The van der Waals surface area contributed by atoms with E-state index >= 15 is 0 Å². The van der Waals surface area contributed by atoms with Crippen LogP contribution in [0.1, 0.15) is 39.5 Å². The fourth-order valence-corrected chi connectivity index (χ4v) is 3.46. The van der Waals surface area contributed by atoms with Crippen LogP contribution in [0.4, 0.5) is 0 Å². The van der Waals surface area contributed by atoms with Crippen LogP contribution in [0, 0.1) is 5.92 Å². The van der Waals surface area contributed by atoms with E-state index < -0.39 is 0 Å². The van der Waals surface area contributed by atoms with Crippen LogP contribution in [0.2, 0.25) is 0 Å². The lowest BCUT2D eigenvalue weighted by molar-refractivity contribution is -0.120. The first-order chi connectivity index (χ1) is 7.66. The first-order valence-corrected chi connectivity index (χ1v) is 7.21. The fraction of sp³-hybridized carbons (Fsp3) is 0.833. The second-order valence-corrected chi connectivity index (χ2v) is 6.26. The summed E-state index contributed by atoms with van der Waals surface area (Å²) in [6, 6.07) is -0.154. The fourth-order valence-electron chi connectivity index (χ4n) is 2.25. The predicted octanol–water partition coefficient (Wildman–Crippen LogP) is 2.22.